The quantitative estimate of drug-likeness (QED) is 0.902. The first-order chi connectivity index (χ1) is 8.57. The van der Waals surface area contributed by atoms with Gasteiger partial charge in [-0.15, -0.1) is 11.3 Å². The van der Waals surface area contributed by atoms with Crippen LogP contribution in [0.25, 0.3) is 0 Å². The Kier molecular flexibility index (Phi) is 4.42. The van der Waals surface area contributed by atoms with E-state index in [4.69, 9.17) is 5.11 Å². The van der Waals surface area contributed by atoms with Gasteiger partial charge in [0.05, 0.1) is 6.61 Å². The van der Waals surface area contributed by atoms with Gasteiger partial charge in [0.1, 0.15) is 4.21 Å². The summed E-state index contributed by atoms with van der Waals surface area (Å²) in [6.45, 7) is 3.30. The van der Waals surface area contributed by atoms with Gasteiger partial charge in [0.25, 0.3) is 10.0 Å². The molecule has 1 aliphatic heterocycles. The molecule has 0 spiro atoms. The van der Waals surface area contributed by atoms with Crippen molar-refractivity contribution in [3.8, 4) is 0 Å². The average Bonchev–Trinajstić information content (AvgIpc) is 2.98. The summed E-state index contributed by atoms with van der Waals surface area (Å²) in [4.78, 5) is 0.692. The summed E-state index contributed by atoms with van der Waals surface area (Å²) in [5.41, 5.74) is 0. The number of sulfonamides is 1. The average molecular weight is 289 g/mol. The molecule has 1 N–H and O–H groups in total. The van der Waals surface area contributed by atoms with Gasteiger partial charge in [-0.2, -0.15) is 4.31 Å². The number of nitrogens with zero attached hydrogens (tertiary/aromatic N) is 1. The van der Waals surface area contributed by atoms with E-state index in [1.165, 1.54) is 0 Å². The van der Waals surface area contributed by atoms with Crippen molar-refractivity contribution < 1.29 is 13.5 Å². The van der Waals surface area contributed by atoms with Crippen LogP contribution in [0.1, 0.15) is 31.1 Å². The van der Waals surface area contributed by atoms with E-state index in [1.54, 1.807) is 16.4 Å². The molecule has 0 radical (unpaired) electrons. The minimum atomic E-state index is -3.34. The number of hydrogen-bond donors (Lipinski definition) is 1. The third kappa shape index (κ3) is 2.77. The lowest BCUT2D eigenvalue weighted by Crippen LogP contribution is -2.28. The standard InChI is InChI=1S/C12H19NO3S2/c1-2-3-10-6-7-13(8-10)18(15,16)12-5-4-11(9-14)17-12/h4-5,10,14H,2-3,6-9H2,1H3. The van der Waals surface area contributed by atoms with Crippen molar-refractivity contribution in [2.45, 2.75) is 37.0 Å². The van der Waals surface area contributed by atoms with Gasteiger partial charge < -0.3 is 5.11 Å². The lowest BCUT2D eigenvalue weighted by molar-refractivity contribution is 0.285. The predicted molar refractivity (Wildman–Crippen MR) is 72.0 cm³/mol. The molecule has 0 amide bonds. The molecule has 6 heteroatoms. The van der Waals surface area contributed by atoms with Gasteiger partial charge in [-0.1, -0.05) is 13.3 Å². The van der Waals surface area contributed by atoms with Crippen LogP contribution in [0, 0.1) is 5.92 Å². The largest absolute Gasteiger partial charge is 0.391 e. The van der Waals surface area contributed by atoms with E-state index in [9.17, 15) is 8.42 Å². The zero-order chi connectivity index (χ0) is 13.2. The molecule has 1 aliphatic rings. The normalized spacial score (nSPS) is 21.6. The molecule has 1 unspecified atom stereocenters. The molecule has 18 heavy (non-hydrogen) atoms. The zero-order valence-electron chi connectivity index (χ0n) is 10.5. The van der Waals surface area contributed by atoms with Crippen molar-refractivity contribution in [2.24, 2.45) is 5.92 Å². The fourth-order valence-electron chi connectivity index (χ4n) is 2.37. The first kappa shape index (κ1) is 14.0. The summed E-state index contributed by atoms with van der Waals surface area (Å²) < 4.78 is 26.7. The summed E-state index contributed by atoms with van der Waals surface area (Å²) >= 11 is 1.16. The molecule has 1 aromatic rings. The van der Waals surface area contributed by atoms with Crippen molar-refractivity contribution in [3.63, 3.8) is 0 Å². The number of thiophene rings is 1. The van der Waals surface area contributed by atoms with E-state index >= 15 is 0 Å². The maximum Gasteiger partial charge on any atom is 0.252 e. The monoisotopic (exact) mass is 289 g/mol. The van der Waals surface area contributed by atoms with Crippen molar-refractivity contribution in [3.05, 3.63) is 17.0 Å². The van der Waals surface area contributed by atoms with Crippen LogP contribution in [0.2, 0.25) is 0 Å². The van der Waals surface area contributed by atoms with Gasteiger partial charge in [0.15, 0.2) is 0 Å². The van der Waals surface area contributed by atoms with Crippen LogP contribution in [0.4, 0.5) is 0 Å². The number of hydrogen-bond acceptors (Lipinski definition) is 4. The topological polar surface area (TPSA) is 57.6 Å². The minimum Gasteiger partial charge on any atom is -0.391 e. The molecule has 0 saturated carbocycles. The Balaban J connectivity index is 2.12. The van der Waals surface area contributed by atoms with Crippen LogP contribution in [0.5, 0.6) is 0 Å². The third-order valence-electron chi connectivity index (χ3n) is 3.33. The van der Waals surface area contributed by atoms with Gasteiger partial charge in [0.2, 0.25) is 0 Å². The highest BCUT2D eigenvalue weighted by molar-refractivity contribution is 7.91. The molecule has 102 valence electrons. The molecule has 1 aromatic heterocycles. The Hall–Kier alpha value is -0.430. The summed E-state index contributed by atoms with van der Waals surface area (Å²) in [6.07, 6.45) is 3.16. The molecule has 2 heterocycles. The summed E-state index contributed by atoms with van der Waals surface area (Å²) in [7, 11) is -3.34. The fraction of sp³-hybridized carbons (Fsp3) is 0.667. The maximum absolute atomic E-state index is 12.4. The summed E-state index contributed by atoms with van der Waals surface area (Å²) in [6, 6.07) is 3.27. The number of aliphatic hydroxyl groups excluding tert-OH is 1. The van der Waals surface area contributed by atoms with E-state index in [0.29, 0.717) is 28.1 Å². The molecule has 2 rings (SSSR count). The molecule has 1 fully saturated rings. The zero-order valence-corrected chi connectivity index (χ0v) is 12.1. The number of rotatable bonds is 5. The van der Waals surface area contributed by atoms with E-state index in [-0.39, 0.29) is 6.61 Å². The Morgan fingerprint density at radius 3 is 2.89 bits per heavy atom. The van der Waals surface area contributed by atoms with Crippen LogP contribution in [0.15, 0.2) is 16.3 Å². The van der Waals surface area contributed by atoms with Gasteiger partial charge in [-0.3, -0.25) is 0 Å². The van der Waals surface area contributed by atoms with Gasteiger partial charge >= 0.3 is 0 Å². The molecule has 0 bridgehead atoms. The molecular formula is C12H19NO3S2. The maximum atomic E-state index is 12.4. The summed E-state index contributed by atoms with van der Waals surface area (Å²) in [5.74, 6) is 0.502. The van der Waals surface area contributed by atoms with Crippen molar-refractivity contribution >= 4 is 21.4 Å². The van der Waals surface area contributed by atoms with Crippen molar-refractivity contribution in [1.29, 1.82) is 0 Å². The predicted octanol–water partition coefficient (Wildman–Crippen LogP) is 2.05. The van der Waals surface area contributed by atoms with E-state index in [2.05, 4.69) is 6.92 Å². The van der Waals surface area contributed by atoms with E-state index in [0.717, 1.165) is 30.6 Å². The minimum absolute atomic E-state index is 0.0986. The number of aliphatic hydroxyl groups is 1. The fourth-order valence-corrected chi connectivity index (χ4v) is 5.27. The lowest BCUT2D eigenvalue weighted by Gasteiger charge is -2.15. The Morgan fingerprint density at radius 2 is 2.28 bits per heavy atom. The third-order valence-corrected chi connectivity index (χ3v) is 6.74. The lowest BCUT2D eigenvalue weighted by atomic mass is 10.0. The van der Waals surface area contributed by atoms with E-state index < -0.39 is 10.0 Å². The van der Waals surface area contributed by atoms with Crippen molar-refractivity contribution in [2.75, 3.05) is 13.1 Å². The molecule has 1 atom stereocenters. The molecule has 1 saturated heterocycles. The van der Waals surface area contributed by atoms with Crippen LogP contribution < -0.4 is 0 Å². The van der Waals surface area contributed by atoms with Gasteiger partial charge in [0, 0.05) is 18.0 Å². The SMILES string of the molecule is CCCC1CCN(S(=O)(=O)c2ccc(CO)s2)C1. The van der Waals surface area contributed by atoms with Crippen LogP contribution in [-0.2, 0) is 16.6 Å². The highest BCUT2D eigenvalue weighted by Crippen LogP contribution is 2.30. The van der Waals surface area contributed by atoms with Crippen LogP contribution in [-0.4, -0.2) is 30.9 Å². The van der Waals surface area contributed by atoms with Crippen molar-refractivity contribution in [1.82, 2.24) is 4.31 Å². The molecular weight excluding hydrogens is 270 g/mol. The van der Waals surface area contributed by atoms with E-state index in [1.807, 2.05) is 0 Å². The highest BCUT2D eigenvalue weighted by atomic mass is 32.2. The van der Waals surface area contributed by atoms with Crippen LogP contribution in [0.3, 0.4) is 0 Å². The van der Waals surface area contributed by atoms with Gasteiger partial charge in [-0.05, 0) is 30.9 Å². The smallest absolute Gasteiger partial charge is 0.252 e. The molecule has 4 nitrogen and oxygen atoms in total. The first-order valence-corrected chi connectivity index (χ1v) is 8.53. The first-order valence-electron chi connectivity index (χ1n) is 6.27. The summed E-state index contributed by atoms with van der Waals surface area (Å²) in [5, 5.41) is 9.00. The molecule has 0 aliphatic carbocycles. The Labute approximate surface area is 112 Å². The Morgan fingerprint density at radius 1 is 1.50 bits per heavy atom. The second-order valence-electron chi connectivity index (χ2n) is 4.69. The second kappa shape index (κ2) is 5.69. The van der Waals surface area contributed by atoms with Gasteiger partial charge in [-0.25, -0.2) is 8.42 Å². The molecule has 0 aromatic carbocycles. The van der Waals surface area contributed by atoms with Crippen LogP contribution >= 0.6 is 11.3 Å². The Bertz CT molecular complexity index is 495. The second-order valence-corrected chi connectivity index (χ2v) is 8.02. The highest BCUT2D eigenvalue weighted by Gasteiger charge is 2.32.